The number of hydrogen-bond acceptors (Lipinski definition) is 4. The highest BCUT2D eigenvalue weighted by molar-refractivity contribution is 5.93. The van der Waals surface area contributed by atoms with Crippen LogP contribution < -0.4 is 10.6 Å². The van der Waals surface area contributed by atoms with E-state index in [1.807, 2.05) is 30.3 Å². The van der Waals surface area contributed by atoms with Crippen LogP contribution in [0.1, 0.15) is 15.9 Å². The number of nitrogens with zero attached hydrogens (tertiary/aromatic N) is 2. The molecule has 2 aromatic carbocycles. The van der Waals surface area contributed by atoms with Gasteiger partial charge in [-0.3, -0.25) is 4.79 Å². The Kier molecular flexibility index (Phi) is 5.48. The summed E-state index contributed by atoms with van der Waals surface area (Å²) in [6, 6.07) is 13.3. The number of aromatic nitrogens is 2. The average molecular weight is 354 g/mol. The minimum Gasteiger partial charge on any atom is -0.352 e. The van der Waals surface area contributed by atoms with E-state index in [0.717, 1.165) is 17.7 Å². The quantitative estimate of drug-likeness (QED) is 0.711. The van der Waals surface area contributed by atoms with Crippen LogP contribution in [-0.2, 0) is 6.42 Å². The molecule has 7 heteroatoms. The summed E-state index contributed by atoms with van der Waals surface area (Å²) in [5, 5.41) is 5.24. The summed E-state index contributed by atoms with van der Waals surface area (Å²) in [5.74, 6) is -1.83. The summed E-state index contributed by atoms with van der Waals surface area (Å²) in [6.45, 7) is 0.475. The molecule has 0 aliphatic carbocycles. The van der Waals surface area contributed by atoms with Crippen molar-refractivity contribution in [2.75, 3.05) is 11.9 Å². The molecule has 132 valence electrons. The van der Waals surface area contributed by atoms with Crippen molar-refractivity contribution >= 4 is 17.5 Å². The highest BCUT2D eigenvalue weighted by atomic mass is 19.1. The minimum atomic E-state index is -0.753. The molecule has 0 spiro atoms. The summed E-state index contributed by atoms with van der Waals surface area (Å²) in [4.78, 5) is 19.9. The van der Waals surface area contributed by atoms with E-state index < -0.39 is 11.6 Å². The summed E-state index contributed by atoms with van der Waals surface area (Å²) in [5.41, 5.74) is 1.04. The van der Waals surface area contributed by atoms with Crippen LogP contribution in [-0.4, -0.2) is 22.4 Å². The van der Waals surface area contributed by atoms with Gasteiger partial charge < -0.3 is 10.6 Å². The zero-order valence-electron chi connectivity index (χ0n) is 13.7. The number of hydrogen-bond donors (Lipinski definition) is 2. The lowest BCUT2D eigenvalue weighted by Gasteiger charge is -2.08. The van der Waals surface area contributed by atoms with Gasteiger partial charge in [0.1, 0.15) is 17.3 Å². The van der Waals surface area contributed by atoms with Crippen molar-refractivity contribution < 1.29 is 13.6 Å². The number of amides is 1. The molecule has 0 bridgehead atoms. The second-order valence-corrected chi connectivity index (χ2v) is 5.51. The monoisotopic (exact) mass is 354 g/mol. The van der Waals surface area contributed by atoms with Gasteiger partial charge in [0, 0.05) is 18.9 Å². The normalized spacial score (nSPS) is 10.4. The minimum absolute atomic E-state index is 0.00478. The molecule has 1 amide bonds. The van der Waals surface area contributed by atoms with E-state index in [4.69, 9.17) is 0 Å². The van der Waals surface area contributed by atoms with E-state index in [1.165, 1.54) is 18.5 Å². The molecule has 0 saturated carbocycles. The molecule has 0 fully saturated rings. The molecule has 3 rings (SSSR count). The Labute approximate surface area is 149 Å². The molecule has 2 N–H and O–H groups in total. The first-order chi connectivity index (χ1) is 12.6. The van der Waals surface area contributed by atoms with Gasteiger partial charge in [-0.25, -0.2) is 18.7 Å². The Hall–Kier alpha value is -3.35. The highest BCUT2D eigenvalue weighted by Crippen LogP contribution is 2.20. The predicted octanol–water partition coefficient (Wildman–Crippen LogP) is 3.47. The van der Waals surface area contributed by atoms with Crippen LogP contribution in [0.15, 0.2) is 60.9 Å². The van der Waals surface area contributed by atoms with E-state index >= 15 is 0 Å². The maximum Gasteiger partial charge on any atom is 0.254 e. The van der Waals surface area contributed by atoms with Crippen molar-refractivity contribution in [1.29, 1.82) is 0 Å². The maximum absolute atomic E-state index is 13.6. The maximum atomic E-state index is 13.6. The van der Waals surface area contributed by atoms with Crippen LogP contribution in [0.2, 0.25) is 0 Å². The predicted molar refractivity (Wildman–Crippen MR) is 94.2 cm³/mol. The lowest BCUT2D eigenvalue weighted by Crippen LogP contribution is -2.26. The first-order valence-electron chi connectivity index (χ1n) is 7.98. The molecular formula is C19H16F2N4O. The lowest BCUT2D eigenvalue weighted by atomic mass is 10.1. The summed E-state index contributed by atoms with van der Waals surface area (Å²) < 4.78 is 27.2. The number of carbonyl (C=O) groups excluding carboxylic acids is 1. The summed E-state index contributed by atoms with van der Waals surface area (Å²) in [6.07, 6.45) is 3.30. The molecule has 5 nitrogen and oxygen atoms in total. The van der Waals surface area contributed by atoms with E-state index in [0.29, 0.717) is 13.0 Å². The Morgan fingerprint density at radius 3 is 2.23 bits per heavy atom. The third kappa shape index (κ3) is 4.38. The standard InChI is InChI=1S/C19H16F2N4O/c20-15-7-4-8-16(21)17(15)25-19-23-11-14(12-24-19)18(26)22-10-9-13-5-2-1-3-6-13/h1-8,11-12H,9-10H2,(H,22,26)(H,23,24,25). The molecule has 0 saturated heterocycles. The van der Waals surface area contributed by atoms with Gasteiger partial charge in [0.05, 0.1) is 5.56 Å². The number of para-hydroxylation sites is 1. The molecule has 26 heavy (non-hydrogen) atoms. The van der Waals surface area contributed by atoms with Crippen LogP contribution in [0.25, 0.3) is 0 Å². The molecule has 0 atom stereocenters. The van der Waals surface area contributed by atoms with Gasteiger partial charge in [0.2, 0.25) is 5.95 Å². The molecule has 1 heterocycles. The smallest absolute Gasteiger partial charge is 0.254 e. The fraction of sp³-hybridized carbons (Fsp3) is 0.105. The van der Waals surface area contributed by atoms with Crippen molar-refractivity contribution in [1.82, 2.24) is 15.3 Å². The van der Waals surface area contributed by atoms with E-state index in [2.05, 4.69) is 20.6 Å². The first kappa shape index (κ1) is 17.5. The first-order valence-corrected chi connectivity index (χ1v) is 7.98. The lowest BCUT2D eigenvalue weighted by molar-refractivity contribution is 0.0953. The fourth-order valence-corrected chi connectivity index (χ4v) is 2.31. The van der Waals surface area contributed by atoms with Crippen LogP contribution in [0.3, 0.4) is 0 Å². The zero-order chi connectivity index (χ0) is 18.4. The zero-order valence-corrected chi connectivity index (χ0v) is 13.7. The SMILES string of the molecule is O=C(NCCc1ccccc1)c1cnc(Nc2c(F)cccc2F)nc1. The van der Waals surface area contributed by atoms with Gasteiger partial charge >= 0.3 is 0 Å². The Morgan fingerprint density at radius 1 is 0.923 bits per heavy atom. The van der Waals surface area contributed by atoms with E-state index in [9.17, 15) is 13.6 Å². The van der Waals surface area contributed by atoms with E-state index in [1.54, 1.807) is 0 Å². The summed E-state index contributed by atoms with van der Waals surface area (Å²) in [7, 11) is 0. The second kappa shape index (κ2) is 8.15. The Bertz CT molecular complexity index is 866. The van der Waals surface area contributed by atoms with Crippen molar-refractivity contribution in [3.8, 4) is 0 Å². The number of nitrogens with one attached hydrogen (secondary N) is 2. The van der Waals surface area contributed by atoms with Gasteiger partial charge in [-0.1, -0.05) is 36.4 Å². The number of rotatable bonds is 6. The number of benzene rings is 2. The van der Waals surface area contributed by atoms with Gasteiger partial charge in [0.15, 0.2) is 0 Å². The van der Waals surface area contributed by atoms with Gasteiger partial charge in [-0.05, 0) is 24.1 Å². The average Bonchev–Trinajstić information content (AvgIpc) is 2.66. The van der Waals surface area contributed by atoms with Crippen molar-refractivity contribution in [2.45, 2.75) is 6.42 Å². The molecule has 0 aliphatic heterocycles. The molecule has 3 aromatic rings. The van der Waals surface area contributed by atoms with Gasteiger partial charge in [0.25, 0.3) is 5.91 Å². The molecular weight excluding hydrogens is 338 g/mol. The van der Waals surface area contributed by atoms with Gasteiger partial charge in [-0.2, -0.15) is 0 Å². The third-order valence-corrected chi connectivity index (χ3v) is 3.66. The Morgan fingerprint density at radius 2 is 1.58 bits per heavy atom. The second-order valence-electron chi connectivity index (χ2n) is 5.51. The fourth-order valence-electron chi connectivity index (χ4n) is 2.31. The molecule has 0 aliphatic rings. The van der Waals surface area contributed by atoms with Crippen molar-refractivity contribution in [3.05, 3.63) is 83.7 Å². The largest absolute Gasteiger partial charge is 0.352 e. The third-order valence-electron chi connectivity index (χ3n) is 3.66. The van der Waals surface area contributed by atoms with Crippen LogP contribution in [0, 0.1) is 11.6 Å². The topological polar surface area (TPSA) is 66.9 Å². The highest BCUT2D eigenvalue weighted by Gasteiger charge is 2.11. The van der Waals surface area contributed by atoms with Crippen LogP contribution in [0.5, 0.6) is 0 Å². The van der Waals surface area contributed by atoms with Crippen LogP contribution in [0.4, 0.5) is 20.4 Å². The van der Waals surface area contributed by atoms with Crippen molar-refractivity contribution in [2.24, 2.45) is 0 Å². The van der Waals surface area contributed by atoms with Crippen molar-refractivity contribution in [3.63, 3.8) is 0 Å². The van der Waals surface area contributed by atoms with E-state index in [-0.39, 0.29) is 23.1 Å². The molecule has 0 unspecified atom stereocenters. The number of anilines is 2. The molecule has 1 aromatic heterocycles. The van der Waals surface area contributed by atoms with Gasteiger partial charge in [-0.15, -0.1) is 0 Å². The summed E-state index contributed by atoms with van der Waals surface area (Å²) >= 11 is 0. The Balaban J connectivity index is 1.57. The number of halogens is 2. The number of carbonyl (C=O) groups is 1. The van der Waals surface area contributed by atoms with Crippen LogP contribution >= 0.6 is 0 Å². The molecule has 0 radical (unpaired) electrons.